The minimum Gasteiger partial charge on any atom is -0.481 e. The molecule has 0 saturated heterocycles. The molecule has 3 nitrogen and oxygen atoms in total. The van der Waals surface area contributed by atoms with E-state index in [1.807, 2.05) is 37.3 Å². The van der Waals surface area contributed by atoms with Crippen molar-refractivity contribution in [3.05, 3.63) is 98.1 Å². The molecule has 146 valence electrons. The van der Waals surface area contributed by atoms with E-state index in [1.54, 1.807) is 36.4 Å². The van der Waals surface area contributed by atoms with E-state index in [-0.39, 0.29) is 17.8 Å². The molecular formula is C24H18Cl2O3. The SMILES string of the molecule is CCc1ccc2oc(-c3ccc(Cl)cc3)c(OCc3cccc(Cl)c3)c(=O)c2c1. The Kier molecular flexibility index (Phi) is 5.61. The zero-order valence-electron chi connectivity index (χ0n) is 15.7. The molecule has 4 aromatic rings. The Morgan fingerprint density at radius 3 is 2.41 bits per heavy atom. The van der Waals surface area contributed by atoms with Crippen molar-refractivity contribution in [2.24, 2.45) is 0 Å². The standard InChI is InChI=1S/C24H18Cl2O3/c1-2-15-6-11-21-20(13-15)22(27)24(28-14-16-4-3-5-19(26)12-16)23(29-21)17-7-9-18(25)10-8-17/h3-13H,2,14H2,1H3. The Balaban J connectivity index is 1.85. The quantitative estimate of drug-likeness (QED) is 0.349. The van der Waals surface area contributed by atoms with Gasteiger partial charge in [0, 0.05) is 15.6 Å². The van der Waals surface area contributed by atoms with Gasteiger partial charge in [-0.15, -0.1) is 0 Å². The fraction of sp³-hybridized carbons (Fsp3) is 0.125. The van der Waals surface area contributed by atoms with Crippen molar-refractivity contribution in [2.75, 3.05) is 0 Å². The molecule has 3 aromatic carbocycles. The number of halogens is 2. The molecule has 0 spiro atoms. The maximum Gasteiger partial charge on any atom is 0.235 e. The number of ether oxygens (including phenoxy) is 1. The van der Waals surface area contributed by atoms with Gasteiger partial charge in [-0.25, -0.2) is 0 Å². The lowest BCUT2D eigenvalue weighted by Gasteiger charge is -2.12. The van der Waals surface area contributed by atoms with Crippen LogP contribution in [-0.2, 0) is 13.0 Å². The van der Waals surface area contributed by atoms with E-state index in [0.29, 0.717) is 32.3 Å². The van der Waals surface area contributed by atoms with Crippen LogP contribution in [0.5, 0.6) is 5.75 Å². The normalized spacial score (nSPS) is 11.0. The zero-order chi connectivity index (χ0) is 20.4. The highest BCUT2D eigenvalue weighted by Crippen LogP contribution is 2.32. The van der Waals surface area contributed by atoms with Gasteiger partial charge in [0.15, 0.2) is 5.76 Å². The lowest BCUT2D eigenvalue weighted by atomic mass is 10.1. The molecule has 0 bridgehead atoms. The molecule has 5 heteroatoms. The van der Waals surface area contributed by atoms with Crippen molar-refractivity contribution in [2.45, 2.75) is 20.0 Å². The molecule has 1 heterocycles. The third-order valence-corrected chi connectivity index (χ3v) is 5.19. The number of fused-ring (bicyclic) bond motifs is 1. The van der Waals surface area contributed by atoms with E-state index >= 15 is 0 Å². The second kappa shape index (κ2) is 8.32. The average molecular weight is 425 g/mol. The zero-order valence-corrected chi connectivity index (χ0v) is 17.3. The van der Waals surface area contributed by atoms with Crippen molar-refractivity contribution < 1.29 is 9.15 Å². The van der Waals surface area contributed by atoms with Crippen LogP contribution in [-0.4, -0.2) is 0 Å². The summed E-state index contributed by atoms with van der Waals surface area (Å²) >= 11 is 12.1. The molecule has 0 saturated carbocycles. The molecule has 0 fully saturated rings. The van der Waals surface area contributed by atoms with Crippen molar-refractivity contribution >= 4 is 34.2 Å². The first kappa shape index (κ1) is 19.6. The van der Waals surface area contributed by atoms with Gasteiger partial charge in [0.05, 0.1) is 5.39 Å². The first-order chi connectivity index (χ1) is 14.0. The second-order valence-corrected chi connectivity index (χ2v) is 7.57. The van der Waals surface area contributed by atoms with Crippen LogP contribution in [0.2, 0.25) is 10.0 Å². The molecule has 29 heavy (non-hydrogen) atoms. The van der Waals surface area contributed by atoms with Crippen LogP contribution in [0.1, 0.15) is 18.1 Å². The average Bonchev–Trinajstić information content (AvgIpc) is 2.73. The third kappa shape index (κ3) is 4.16. The van der Waals surface area contributed by atoms with Crippen LogP contribution in [0.3, 0.4) is 0 Å². The molecule has 0 aliphatic rings. The van der Waals surface area contributed by atoms with Crippen molar-refractivity contribution in [1.82, 2.24) is 0 Å². The monoisotopic (exact) mass is 424 g/mol. The van der Waals surface area contributed by atoms with Crippen molar-refractivity contribution in [3.8, 4) is 17.1 Å². The van der Waals surface area contributed by atoms with Gasteiger partial charge in [-0.3, -0.25) is 4.79 Å². The van der Waals surface area contributed by atoms with E-state index in [4.69, 9.17) is 32.4 Å². The van der Waals surface area contributed by atoms with Gasteiger partial charge in [-0.1, -0.05) is 48.3 Å². The summed E-state index contributed by atoms with van der Waals surface area (Å²) in [5.74, 6) is 0.554. The van der Waals surface area contributed by atoms with Crippen molar-refractivity contribution in [1.29, 1.82) is 0 Å². The smallest absolute Gasteiger partial charge is 0.235 e. The van der Waals surface area contributed by atoms with Crippen LogP contribution in [0, 0.1) is 0 Å². The van der Waals surface area contributed by atoms with Crippen LogP contribution in [0.15, 0.2) is 75.9 Å². The first-order valence-corrected chi connectivity index (χ1v) is 10.0. The summed E-state index contributed by atoms with van der Waals surface area (Å²) in [5.41, 5.74) is 2.96. The van der Waals surface area contributed by atoms with Gasteiger partial charge in [-0.2, -0.15) is 0 Å². The summed E-state index contributed by atoms with van der Waals surface area (Å²) in [5, 5.41) is 1.72. The Bertz CT molecular complexity index is 1230. The Hall–Kier alpha value is -2.75. The number of hydrogen-bond donors (Lipinski definition) is 0. The lowest BCUT2D eigenvalue weighted by Crippen LogP contribution is -2.10. The highest BCUT2D eigenvalue weighted by molar-refractivity contribution is 6.30. The molecule has 4 rings (SSSR count). The summed E-state index contributed by atoms with van der Waals surface area (Å²) in [7, 11) is 0. The van der Waals surface area contributed by atoms with Crippen LogP contribution in [0.25, 0.3) is 22.3 Å². The maximum atomic E-state index is 13.3. The molecule has 0 atom stereocenters. The molecule has 0 unspecified atom stereocenters. The summed E-state index contributed by atoms with van der Waals surface area (Å²) in [4.78, 5) is 13.3. The summed E-state index contributed by atoms with van der Waals surface area (Å²) in [6.07, 6.45) is 0.826. The maximum absolute atomic E-state index is 13.3. The topological polar surface area (TPSA) is 39.4 Å². The van der Waals surface area contributed by atoms with Crippen molar-refractivity contribution in [3.63, 3.8) is 0 Å². The first-order valence-electron chi connectivity index (χ1n) is 9.28. The molecule has 0 amide bonds. The Morgan fingerprint density at radius 1 is 0.897 bits per heavy atom. The molecular weight excluding hydrogens is 407 g/mol. The fourth-order valence-electron chi connectivity index (χ4n) is 3.15. The Morgan fingerprint density at radius 2 is 1.69 bits per heavy atom. The largest absolute Gasteiger partial charge is 0.481 e. The number of hydrogen-bond acceptors (Lipinski definition) is 3. The summed E-state index contributed by atoms with van der Waals surface area (Å²) in [6.45, 7) is 2.24. The fourth-order valence-corrected chi connectivity index (χ4v) is 3.49. The van der Waals surface area contributed by atoms with Gasteiger partial charge in [0.25, 0.3) is 0 Å². The van der Waals surface area contributed by atoms with Crippen LogP contribution >= 0.6 is 23.2 Å². The van der Waals surface area contributed by atoms with E-state index < -0.39 is 0 Å². The highest BCUT2D eigenvalue weighted by Gasteiger charge is 2.18. The van der Waals surface area contributed by atoms with Gasteiger partial charge in [0.1, 0.15) is 12.2 Å². The summed E-state index contributed by atoms with van der Waals surface area (Å²) in [6, 6.07) is 20.1. The van der Waals surface area contributed by atoms with Gasteiger partial charge >= 0.3 is 0 Å². The van der Waals surface area contributed by atoms with E-state index in [9.17, 15) is 4.79 Å². The predicted octanol–water partition coefficient (Wildman–Crippen LogP) is 6.91. The molecule has 0 radical (unpaired) electrons. The van der Waals surface area contributed by atoms with Gasteiger partial charge in [0.2, 0.25) is 11.2 Å². The minimum absolute atomic E-state index is 0.174. The minimum atomic E-state index is -0.200. The number of aryl methyl sites for hydroxylation is 1. The number of benzene rings is 3. The lowest BCUT2D eigenvalue weighted by molar-refractivity contribution is 0.298. The van der Waals surface area contributed by atoms with E-state index in [1.165, 1.54) is 0 Å². The van der Waals surface area contributed by atoms with Gasteiger partial charge < -0.3 is 9.15 Å². The predicted molar refractivity (Wildman–Crippen MR) is 118 cm³/mol. The second-order valence-electron chi connectivity index (χ2n) is 6.70. The number of rotatable bonds is 5. The van der Waals surface area contributed by atoms with E-state index in [0.717, 1.165) is 17.5 Å². The Labute approximate surface area is 178 Å². The molecule has 0 aliphatic heterocycles. The van der Waals surface area contributed by atoms with Crippen LogP contribution < -0.4 is 10.2 Å². The molecule has 0 N–H and O–H groups in total. The van der Waals surface area contributed by atoms with E-state index in [2.05, 4.69) is 0 Å². The summed E-state index contributed by atoms with van der Waals surface area (Å²) < 4.78 is 12.1. The van der Waals surface area contributed by atoms with Crippen LogP contribution in [0.4, 0.5) is 0 Å². The highest BCUT2D eigenvalue weighted by atomic mass is 35.5. The third-order valence-electron chi connectivity index (χ3n) is 4.70. The molecule has 1 aromatic heterocycles. The van der Waals surface area contributed by atoms with Gasteiger partial charge in [-0.05, 0) is 66.1 Å². The molecule has 0 aliphatic carbocycles.